The van der Waals surface area contributed by atoms with Crippen molar-refractivity contribution < 1.29 is 9.90 Å². The third-order valence-electron chi connectivity index (χ3n) is 3.69. The van der Waals surface area contributed by atoms with Gasteiger partial charge in [-0.05, 0) is 25.1 Å². The number of β-amino-alcohol motifs (C(OH)–C–C–N with tert-alkyl or cyclic N) is 1. The molecule has 6 heteroatoms. The summed E-state index contributed by atoms with van der Waals surface area (Å²) >= 11 is 0. The number of benzene rings is 1. The molecule has 0 aliphatic carbocycles. The number of nitrogens with two attached hydrogens (primary N) is 2. The lowest BCUT2D eigenvalue weighted by molar-refractivity contribution is 0.100. The summed E-state index contributed by atoms with van der Waals surface area (Å²) in [4.78, 5) is 15.8. The second-order valence-electron chi connectivity index (χ2n) is 5.01. The van der Waals surface area contributed by atoms with E-state index in [0.717, 1.165) is 38.3 Å². The number of hydrogen-bond donors (Lipinski definition) is 3. The summed E-state index contributed by atoms with van der Waals surface area (Å²) in [6.07, 6.45) is 1.00. The van der Waals surface area contributed by atoms with Crippen molar-refractivity contribution >= 4 is 17.3 Å². The molecule has 0 bridgehead atoms. The Morgan fingerprint density at radius 1 is 1.25 bits per heavy atom. The van der Waals surface area contributed by atoms with Crippen LogP contribution in [0.25, 0.3) is 0 Å². The Morgan fingerprint density at radius 3 is 2.75 bits per heavy atom. The highest BCUT2D eigenvalue weighted by Crippen LogP contribution is 2.27. The number of anilines is 2. The summed E-state index contributed by atoms with van der Waals surface area (Å²) in [6.45, 7) is 4.43. The fourth-order valence-electron chi connectivity index (χ4n) is 2.62. The summed E-state index contributed by atoms with van der Waals surface area (Å²) < 4.78 is 0. The minimum atomic E-state index is -0.499. The average molecular weight is 278 g/mol. The van der Waals surface area contributed by atoms with Crippen LogP contribution in [0.4, 0.5) is 11.4 Å². The lowest BCUT2D eigenvalue weighted by atomic mass is 10.1. The maximum absolute atomic E-state index is 11.3. The van der Waals surface area contributed by atoms with Crippen LogP contribution in [0.1, 0.15) is 16.8 Å². The Hall–Kier alpha value is -1.79. The molecular weight excluding hydrogens is 256 g/mol. The van der Waals surface area contributed by atoms with E-state index in [4.69, 9.17) is 16.6 Å². The van der Waals surface area contributed by atoms with Crippen LogP contribution in [0.3, 0.4) is 0 Å². The molecule has 0 saturated carbocycles. The summed E-state index contributed by atoms with van der Waals surface area (Å²) in [5.41, 5.74) is 13.1. The molecule has 1 fully saturated rings. The number of aliphatic hydroxyl groups excluding tert-OH is 1. The maximum Gasteiger partial charge on any atom is 0.250 e. The van der Waals surface area contributed by atoms with Crippen molar-refractivity contribution in [3.63, 3.8) is 0 Å². The van der Waals surface area contributed by atoms with Gasteiger partial charge in [0.1, 0.15) is 0 Å². The molecule has 2 rings (SSSR count). The second-order valence-corrected chi connectivity index (χ2v) is 5.01. The molecule has 1 aliphatic rings. The molecule has 6 nitrogen and oxygen atoms in total. The van der Waals surface area contributed by atoms with E-state index in [0.29, 0.717) is 17.8 Å². The van der Waals surface area contributed by atoms with E-state index in [1.54, 1.807) is 6.07 Å². The van der Waals surface area contributed by atoms with E-state index in [1.165, 1.54) is 0 Å². The monoisotopic (exact) mass is 278 g/mol. The van der Waals surface area contributed by atoms with E-state index in [-0.39, 0.29) is 6.61 Å². The molecule has 110 valence electrons. The van der Waals surface area contributed by atoms with Gasteiger partial charge in [0.05, 0.1) is 23.5 Å². The minimum absolute atomic E-state index is 0.180. The summed E-state index contributed by atoms with van der Waals surface area (Å²) in [7, 11) is 0. The Balaban J connectivity index is 2.15. The van der Waals surface area contributed by atoms with Crippen LogP contribution >= 0.6 is 0 Å². The molecule has 5 N–H and O–H groups in total. The first-order chi connectivity index (χ1) is 9.63. The third kappa shape index (κ3) is 3.20. The zero-order chi connectivity index (χ0) is 14.5. The van der Waals surface area contributed by atoms with Gasteiger partial charge in [0.2, 0.25) is 0 Å². The smallest absolute Gasteiger partial charge is 0.250 e. The summed E-state index contributed by atoms with van der Waals surface area (Å²) in [5.74, 6) is -0.499. The minimum Gasteiger partial charge on any atom is -0.396 e. The molecule has 0 spiro atoms. The number of primary amides is 1. The summed E-state index contributed by atoms with van der Waals surface area (Å²) in [6, 6.07) is 5.38. The number of nitrogens with zero attached hydrogens (tertiary/aromatic N) is 2. The Bertz CT molecular complexity index is 478. The van der Waals surface area contributed by atoms with Crippen molar-refractivity contribution in [2.75, 3.05) is 50.0 Å². The van der Waals surface area contributed by atoms with Gasteiger partial charge in [-0.25, -0.2) is 0 Å². The summed E-state index contributed by atoms with van der Waals surface area (Å²) in [5, 5.41) is 9.01. The lowest BCUT2D eigenvalue weighted by Crippen LogP contribution is -2.33. The standard InChI is InChI=1S/C14H22N4O2/c15-13-11(14(16)20)3-1-4-12(13)18-6-2-5-17(7-8-18)9-10-19/h1,3-4,19H,2,5-10,15H2,(H2,16,20). The van der Waals surface area contributed by atoms with E-state index < -0.39 is 5.91 Å². The topological polar surface area (TPSA) is 95.8 Å². The van der Waals surface area contributed by atoms with Gasteiger partial charge < -0.3 is 21.5 Å². The average Bonchev–Trinajstić information content (AvgIpc) is 2.65. The highest BCUT2D eigenvalue weighted by Gasteiger charge is 2.18. The van der Waals surface area contributed by atoms with Crippen LogP contribution < -0.4 is 16.4 Å². The van der Waals surface area contributed by atoms with E-state index >= 15 is 0 Å². The molecule has 1 aromatic carbocycles. The quantitative estimate of drug-likeness (QED) is 0.667. The van der Waals surface area contributed by atoms with Crippen LogP contribution in [0.15, 0.2) is 18.2 Å². The number of para-hydroxylation sites is 1. The molecule has 1 amide bonds. The van der Waals surface area contributed by atoms with Crippen molar-refractivity contribution in [3.05, 3.63) is 23.8 Å². The SMILES string of the molecule is NC(=O)c1cccc(N2CCCN(CCO)CC2)c1N. The van der Waals surface area contributed by atoms with Crippen molar-refractivity contribution in [2.45, 2.75) is 6.42 Å². The lowest BCUT2D eigenvalue weighted by Gasteiger charge is -2.25. The normalized spacial score (nSPS) is 16.9. The fraction of sp³-hybridized carbons (Fsp3) is 0.500. The first-order valence-electron chi connectivity index (χ1n) is 6.90. The van der Waals surface area contributed by atoms with Gasteiger partial charge in [-0.15, -0.1) is 0 Å². The molecule has 1 heterocycles. The third-order valence-corrected chi connectivity index (χ3v) is 3.69. The zero-order valence-corrected chi connectivity index (χ0v) is 11.6. The van der Waals surface area contributed by atoms with Crippen LogP contribution in [0.2, 0.25) is 0 Å². The Morgan fingerprint density at radius 2 is 2.05 bits per heavy atom. The number of carbonyl (C=O) groups is 1. The molecule has 0 radical (unpaired) electrons. The molecule has 1 aromatic rings. The Kier molecular flexibility index (Phi) is 4.81. The van der Waals surface area contributed by atoms with Crippen LogP contribution in [0.5, 0.6) is 0 Å². The van der Waals surface area contributed by atoms with Crippen molar-refractivity contribution in [3.8, 4) is 0 Å². The van der Waals surface area contributed by atoms with Crippen molar-refractivity contribution in [1.29, 1.82) is 0 Å². The highest BCUT2D eigenvalue weighted by molar-refractivity contribution is 6.00. The predicted octanol–water partition coefficient (Wildman–Crippen LogP) is -0.128. The van der Waals surface area contributed by atoms with Gasteiger partial charge in [0.25, 0.3) is 5.91 Å². The fourth-order valence-corrected chi connectivity index (χ4v) is 2.62. The molecule has 1 aliphatic heterocycles. The Labute approximate surface area is 119 Å². The number of nitrogen functional groups attached to an aromatic ring is 1. The van der Waals surface area contributed by atoms with Gasteiger partial charge in [0.15, 0.2) is 0 Å². The number of rotatable bonds is 4. The zero-order valence-electron chi connectivity index (χ0n) is 11.6. The van der Waals surface area contributed by atoms with E-state index in [2.05, 4.69) is 9.80 Å². The van der Waals surface area contributed by atoms with Gasteiger partial charge in [0, 0.05) is 26.2 Å². The largest absolute Gasteiger partial charge is 0.396 e. The molecular formula is C14H22N4O2. The molecule has 0 atom stereocenters. The number of carbonyl (C=O) groups excluding carboxylic acids is 1. The predicted molar refractivity (Wildman–Crippen MR) is 79.7 cm³/mol. The first kappa shape index (κ1) is 14.6. The van der Waals surface area contributed by atoms with Crippen LogP contribution in [-0.2, 0) is 0 Å². The van der Waals surface area contributed by atoms with Gasteiger partial charge in [-0.1, -0.05) is 6.07 Å². The van der Waals surface area contributed by atoms with Crippen molar-refractivity contribution in [1.82, 2.24) is 4.90 Å². The van der Waals surface area contributed by atoms with Crippen LogP contribution in [0, 0.1) is 0 Å². The van der Waals surface area contributed by atoms with Crippen LogP contribution in [-0.4, -0.2) is 55.2 Å². The van der Waals surface area contributed by atoms with Gasteiger partial charge in [-0.2, -0.15) is 0 Å². The maximum atomic E-state index is 11.3. The molecule has 0 aromatic heterocycles. The number of aliphatic hydroxyl groups is 1. The van der Waals surface area contributed by atoms with Gasteiger partial charge >= 0.3 is 0 Å². The van der Waals surface area contributed by atoms with Crippen molar-refractivity contribution in [2.24, 2.45) is 5.73 Å². The van der Waals surface area contributed by atoms with E-state index in [9.17, 15) is 4.79 Å². The highest BCUT2D eigenvalue weighted by atomic mass is 16.3. The number of hydrogen-bond acceptors (Lipinski definition) is 5. The number of amides is 1. The molecule has 1 saturated heterocycles. The van der Waals surface area contributed by atoms with E-state index in [1.807, 2.05) is 12.1 Å². The first-order valence-corrected chi connectivity index (χ1v) is 6.90. The molecule has 0 unspecified atom stereocenters. The van der Waals surface area contributed by atoms with Gasteiger partial charge in [-0.3, -0.25) is 9.69 Å². The molecule has 20 heavy (non-hydrogen) atoms. The second kappa shape index (κ2) is 6.58.